The summed E-state index contributed by atoms with van der Waals surface area (Å²) in [6, 6.07) is -0.149. The molecule has 1 unspecified atom stereocenters. The zero-order valence-electron chi connectivity index (χ0n) is 11.2. The van der Waals surface area contributed by atoms with Gasteiger partial charge in [0.1, 0.15) is 6.33 Å². The molecule has 21 heavy (non-hydrogen) atoms. The smallest absolute Gasteiger partial charge is 0.241 e. The molecule has 0 bridgehead atoms. The number of hydrogen-bond donors (Lipinski definition) is 0. The van der Waals surface area contributed by atoms with Gasteiger partial charge in [0.15, 0.2) is 9.84 Å². The Morgan fingerprint density at radius 1 is 1.38 bits per heavy atom. The molecule has 0 radical (unpaired) electrons. The molecule has 1 aliphatic rings. The molecule has 0 aromatic carbocycles. The normalized spacial score (nSPS) is 20.6. The number of imidazole rings is 1. The Kier molecular flexibility index (Phi) is 3.54. The summed E-state index contributed by atoms with van der Waals surface area (Å²) in [5.41, 5.74) is 0. The first-order chi connectivity index (χ1) is 9.94. The monoisotopic (exact) mass is 328 g/mol. The molecule has 3 heterocycles. The number of hydrogen-bond acceptors (Lipinski definition) is 7. The Hall–Kier alpha value is -1.74. The Balaban J connectivity index is 1.92. The second-order valence-corrected chi connectivity index (χ2v) is 7.41. The molecule has 0 spiro atoms. The average Bonchev–Trinajstić information content (AvgIpc) is 3.06. The fraction of sp³-hybridized carbons (Fsp3) is 0.455. The van der Waals surface area contributed by atoms with Crippen LogP contribution in [0, 0.1) is 0 Å². The van der Waals surface area contributed by atoms with Crippen molar-refractivity contribution in [1.29, 1.82) is 0 Å². The first-order valence-corrected chi connectivity index (χ1v) is 8.48. The summed E-state index contributed by atoms with van der Waals surface area (Å²) in [4.78, 5) is 18.1. The van der Waals surface area contributed by atoms with E-state index in [0.717, 1.165) is 0 Å². The second-order valence-electron chi connectivity index (χ2n) is 4.84. The summed E-state index contributed by atoms with van der Waals surface area (Å²) in [7, 11) is -1.21. The molecule has 1 atom stereocenters. The van der Waals surface area contributed by atoms with Gasteiger partial charge in [-0.1, -0.05) is 0 Å². The fourth-order valence-corrected chi connectivity index (χ4v) is 4.15. The molecule has 1 aliphatic heterocycles. The molecule has 10 heteroatoms. The molecule has 1 saturated heterocycles. The van der Waals surface area contributed by atoms with Gasteiger partial charge in [-0.2, -0.15) is 15.0 Å². The van der Waals surface area contributed by atoms with Crippen molar-refractivity contribution in [1.82, 2.24) is 24.5 Å². The highest BCUT2D eigenvalue weighted by Crippen LogP contribution is 2.21. The third-order valence-corrected chi connectivity index (χ3v) is 5.31. The van der Waals surface area contributed by atoms with Crippen LogP contribution in [0.15, 0.2) is 18.7 Å². The maximum atomic E-state index is 11.6. The van der Waals surface area contributed by atoms with E-state index in [2.05, 4.69) is 19.9 Å². The van der Waals surface area contributed by atoms with E-state index >= 15 is 0 Å². The van der Waals surface area contributed by atoms with E-state index in [0.29, 0.717) is 18.3 Å². The van der Waals surface area contributed by atoms with Crippen molar-refractivity contribution in [2.75, 3.05) is 23.5 Å². The summed E-state index contributed by atoms with van der Waals surface area (Å²) in [6.45, 7) is 0. The van der Waals surface area contributed by atoms with Crippen LogP contribution >= 0.6 is 11.6 Å². The third-order valence-electron chi connectivity index (χ3n) is 3.39. The van der Waals surface area contributed by atoms with Crippen molar-refractivity contribution in [3.63, 3.8) is 0 Å². The molecular weight excluding hydrogens is 316 g/mol. The van der Waals surface area contributed by atoms with Gasteiger partial charge < -0.3 is 4.90 Å². The lowest BCUT2D eigenvalue weighted by Gasteiger charge is -2.23. The van der Waals surface area contributed by atoms with Crippen LogP contribution in [0.3, 0.4) is 0 Å². The summed E-state index contributed by atoms with van der Waals surface area (Å²) in [5.74, 6) is 0.985. The average molecular weight is 329 g/mol. The van der Waals surface area contributed by atoms with Crippen molar-refractivity contribution in [2.24, 2.45) is 0 Å². The minimum Gasteiger partial charge on any atom is -0.340 e. The molecule has 0 amide bonds. The Morgan fingerprint density at radius 3 is 2.81 bits per heavy atom. The number of anilines is 1. The summed E-state index contributed by atoms with van der Waals surface area (Å²) < 4.78 is 24.8. The van der Waals surface area contributed by atoms with E-state index in [-0.39, 0.29) is 22.8 Å². The van der Waals surface area contributed by atoms with Gasteiger partial charge in [-0.05, 0) is 18.0 Å². The second kappa shape index (κ2) is 5.23. The van der Waals surface area contributed by atoms with Gasteiger partial charge in [0.25, 0.3) is 0 Å². The minimum absolute atomic E-state index is 0.0522. The van der Waals surface area contributed by atoms with E-state index in [1.807, 2.05) is 0 Å². The zero-order valence-corrected chi connectivity index (χ0v) is 12.8. The van der Waals surface area contributed by atoms with Gasteiger partial charge in [0.05, 0.1) is 11.5 Å². The maximum Gasteiger partial charge on any atom is 0.241 e. The van der Waals surface area contributed by atoms with Gasteiger partial charge in [-0.3, -0.25) is 4.57 Å². The van der Waals surface area contributed by atoms with Crippen LogP contribution < -0.4 is 4.90 Å². The lowest BCUT2D eigenvalue weighted by Crippen LogP contribution is -2.34. The van der Waals surface area contributed by atoms with E-state index < -0.39 is 9.84 Å². The lowest BCUT2D eigenvalue weighted by molar-refractivity contribution is 0.600. The summed E-state index contributed by atoms with van der Waals surface area (Å²) in [6.07, 6.45) is 5.40. The zero-order chi connectivity index (χ0) is 15.0. The summed E-state index contributed by atoms with van der Waals surface area (Å²) in [5, 5.41) is 0.0522. The Morgan fingerprint density at radius 2 is 2.19 bits per heavy atom. The van der Waals surface area contributed by atoms with Crippen LogP contribution in [0.25, 0.3) is 5.95 Å². The van der Waals surface area contributed by atoms with Gasteiger partial charge in [0, 0.05) is 25.5 Å². The highest BCUT2D eigenvalue weighted by molar-refractivity contribution is 7.91. The van der Waals surface area contributed by atoms with E-state index in [9.17, 15) is 8.42 Å². The van der Waals surface area contributed by atoms with Crippen LogP contribution in [0.1, 0.15) is 6.42 Å². The fourth-order valence-electron chi connectivity index (χ4n) is 2.22. The summed E-state index contributed by atoms with van der Waals surface area (Å²) >= 11 is 5.93. The first kappa shape index (κ1) is 14.2. The molecule has 3 rings (SSSR count). The highest BCUT2D eigenvalue weighted by Gasteiger charge is 2.32. The van der Waals surface area contributed by atoms with Crippen LogP contribution in [-0.2, 0) is 9.84 Å². The van der Waals surface area contributed by atoms with Crippen molar-refractivity contribution in [2.45, 2.75) is 12.5 Å². The number of rotatable bonds is 3. The first-order valence-electron chi connectivity index (χ1n) is 6.28. The van der Waals surface area contributed by atoms with Crippen LogP contribution in [0.5, 0.6) is 0 Å². The topological polar surface area (TPSA) is 93.9 Å². The minimum atomic E-state index is -2.97. The van der Waals surface area contributed by atoms with Crippen LogP contribution in [0.2, 0.25) is 5.28 Å². The van der Waals surface area contributed by atoms with Crippen molar-refractivity contribution in [3.8, 4) is 5.95 Å². The maximum absolute atomic E-state index is 11.6. The Labute approximate surface area is 126 Å². The number of aromatic nitrogens is 5. The predicted octanol–water partition coefficient (Wildman–Crippen LogP) is 0.334. The van der Waals surface area contributed by atoms with Gasteiger partial charge in [-0.25, -0.2) is 13.4 Å². The number of nitrogens with zero attached hydrogens (tertiary/aromatic N) is 6. The van der Waals surface area contributed by atoms with Gasteiger partial charge in [-0.15, -0.1) is 0 Å². The number of sulfone groups is 1. The molecule has 112 valence electrons. The van der Waals surface area contributed by atoms with Crippen molar-refractivity contribution < 1.29 is 8.42 Å². The molecular formula is C11H13ClN6O2S. The van der Waals surface area contributed by atoms with Crippen molar-refractivity contribution in [3.05, 3.63) is 24.0 Å². The van der Waals surface area contributed by atoms with E-state index in [1.165, 1.54) is 0 Å². The lowest BCUT2D eigenvalue weighted by atomic mass is 10.2. The molecule has 0 saturated carbocycles. The SMILES string of the molecule is CN(c1nc(Cl)nc(-n2ccnc2)n1)C1CCS(=O)(=O)C1. The molecule has 0 aliphatic carbocycles. The van der Waals surface area contributed by atoms with E-state index in [4.69, 9.17) is 11.6 Å². The van der Waals surface area contributed by atoms with E-state index in [1.54, 1.807) is 35.2 Å². The Bertz CT molecular complexity index is 748. The highest BCUT2D eigenvalue weighted by atomic mass is 35.5. The quantitative estimate of drug-likeness (QED) is 0.801. The number of halogens is 1. The molecule has 1 fully saturated rings. The van der Waals surface area contributed by atoms with Crippen LogP contribution in [0.4, 0.5) is 5.95 Å². The van der Waals surface area contributed by atoms with Gasteiger partial charge >= 0.3 is 0 Å². The molecule has 2 aromatic rings. The van der Waals surface area contributed by atoms with Crippen LogP contribution in [-0.4, -0.2) is 57.5 Å². The largest absolute Gasteiger partial charge is 0.340 e. The standard InChI is InChI=1S/C11H13ClN6O2S/c1-17(8-2-5-21(19,20)6-8)10-14-9(12)15-11(16-10)18-4-3-13-7-18/h3-4,7-8H,2,5-6H2,1H3. The third kappa shape index (κ3) is 2.98. The molecule has 8 nitrogen and oxygen atoms in total. The van der Waals surface area contributed by atoms with Gasteiger partial charge in [0.2, 0.25) is 17.2 Å². The molecule has 2 aromatic heterocycles. The molecule has 0 N–H and O–H groups in total. The predicted molar refractivity (Wildman–Crippen MR) is 77.4 cm³/mol. The van der Waals surface area contributed by atoms with Crippen molar-refractivity contribution >= 4 is 27.4 Å².